The van der Waals surface area contributed by atoms with Gasteiger partial charge in [-0.1, -0.05) is 17.7 Å². The van der Waals surface area contributed by atoms with Crippen LogP contribution in [0.4, 0.5) is 0 Å². The molecule has 0 aromatic heterocycles. The Morgan fingerprint density at radius 1 is 1.43 bits per heavy atom. The molecule has 0 unspecified atom stereocenters. The lowest BCUT2D eigenvalue weighted by atomic mass is 10.2. The van der Waals surface area contributed by atoms with Crippen LogP contribution >= 0.6 is 11.6 Å². The molecular weight excluding hydrogens is 202 g/mol. The minimum absolute atomic E-state index is 0.226. The first-order valence-electron chi connectivity index (χ1n) is 4.47. The number of rotatable bonds is 5. The summed E-state index contributed by atoms with van der Waals surface area (Å²) in [5.41, 5.74) is 6.36. The SMILES string of the molecule is CCOCOc1cccc(Cl)c1CN. The van der Waals surface area contributed by atoms with E-state index in [9.17, 15) is 0 Å². The van der Waals surface area contributed by atoms with Crippen molar-refractivity contribution in [1.29, 1.82) is 0 Å². The lowest BCUT2D eigenvalue weighted by Gasteiger charge is -2.10. The molecule has 0 radical (unpaired) electrons. The van der Waals surface area contributed by atoms with Gasteiger partial charge in [0, 0.05) is 23.7 Å². The van der Waals surface area contributed by atoms with Gasteiger partial charge in [-0.2, -0.15) is 0 Å². The van der Waals surface area contributed by atoms with Crippen LogP contribution in [-0.2, 0) is 11.3 Å². The fourth-order valence-corrected chi connectivity index (χ4v) is 1.30. The van der Waals surface area contributed by atoms with Crippen molar-refractivity contribution in [2.45, 2.75) is 13.5 Å². The lowest BCUT2D eigenvalue weighted by molar-refractivity contribution is 0.0218. The summed E-state index contributed by atoms with van der Waals surface area (Å²) in [6.07, 6.45) is 0. The second-order valence-electron chi connectivity index (χ2n) is 2.68. The summed E-state index contributed by atoms with van der Waals surface area (Å²) < 4.78 is 10.4. The highest BCUT2D eigenvalue weighted by atomic mass is 35.5. The molecule has 3 nitrogen and oxygen atoms in total. The summed E-state index contributed by atoms with van der Waals surface area (Å²) in [4.78, 5) is 0. The molecule has 2 N–H and O–H groups in total. The standard InChI is InChI=1S/C10H14ClNO2/c1-2-13-7-14-10-5-3-4-9(11)8(10)6-12/h3-5H,2,6-7,12H2,1H3. The van der Waals surface area contributed by atoms with Gasteiger partial charge in [0.2, 0.25) is 0 Å². The van der Waals surface area contributed by atoms with E-state index in [1.165, 1.54) is 0 Å². The van der Waals surface area contributed by atoms with E-state index in [0.29, 0.717) is 23.9 Å². The summed E-state index contributed by atoms with van der Waals surface area (Å²) in [6, 6.07) is 5.44. The Morgan fingerprint density at radius 2 is 2.21 bits per heavy atom. The molecule has 0 spiro atoms. The van der Waals surface area contributed by atoms with Crippen LogP contribution in [0.15, 0.2) is 18.2 Å². The minimum atomic E-state index is 0.226. The van der Waals surface area contributed by atoms with Crippen molar-refractivity contribution in [3.63, 3.8) is 0 Å². The Morgan fingerprint density at radius 3 is 2.86 bits per heavy atom. The van der Waals surface area contributed by atoms with Crippen molar-refractivity contribution < 1.29 is 9.47 Å². The Bertz CT molecular complexity index is 291. The van der Waals surface area contributed by atoms with Crippen molar-refractivity contribution in [3.8, 4) is 5.75 Å². The summed E-state index contributed by atoms with van der Waals surface area (Å²) in [5.74, 6) is 0.688. The van der Waals surface area contributed by atoms with E-state index in [1.54, 1.807) is 6.07 Å². The molecule has 0 aliphatic heterocycles. The van der Waals surface area contributed by atoms with Crippen molar-refractivity contribution in [2.75, 3.05) is 13.4 Å². The maximum atomic E-state index is 5.94. The molecule has 0 heterocycles. The number of ether oxygens (including phenoxy) is 2. The zero-order valence-electron chi connectivity index (χ0n) is 8.13. The van der Waals surface area contributed by atoms with Crippen LogP contribution in [0, 0.1) is 0 Å². The fourth-order valence-electron chi connectivity index (χ4n) is 1.06. The molecule has 0 aliphatic rings. The number of hydrogen-bond acceptors (Lipinski definition) is 3. The molecule has 1 aromatic rings. The first-order chi connectivity index (χ1) is 6.79. The number of benzene rings is 1. The molecule has 0 saturated heterocycles. The maximum absolute atomic E-state index is 5.94. The van der Waals surface area contributed by atoms with E-state index in [1.807, 2.05) is 19.1 Å². The summed E-state index contributed by atoms with van der Waals surface area (Å²) >= 11 is 5.94. The van der Waals surface area contributed by atoms with Crippen LogP contribution in [0.5, 0.6) is 5.75 Å². The largest absolute Gasteiger partial charge is 0.467 e. The molecule has 78 valence electrons. The fraction of sp³-hybridized carbons (Fsp3) is 0.400. The maximum Gasteiger partial charge on any atom is 0.189 e. The smallest absolute Gasteiger partial charge is 0.189 e. The summed E-state index contributed by atoms with van der Waals surface area (Å²) in [5, 5.41) is 0.626. The van der Waals surface area contributed by atoms with Gasteiger partial charge in [-0.05, 0) is 19.1 Å². The predicted molar refractivity (Wildman–Crippen MR) is 56.5 cm³/mol. The molecule has 0 amide bonds. The Labute approximate surface area is 88.8 Å². The van der Waals surface area contributed by atoms with Crippen LogP contribution in [0.3, 0.4) is 0 Å². The molecule has 0 atom stereocenters. The third-order valence-electron chi connectivity index (χ3n) is 1.78. The molecular formula is C10H14ClNO2. The third-order valence-corrected chi connectivity index (χ3v) is 2.14. The van der Waals surface area contributed by atoms with E-state index in [0.717, 1.165) is 5.56 Å². The highest BCUT2D eigenvalue weighted by molar-refractivity contribution is 6.31. The second kappa shape index (κ2) is 5.86. The van der Waals surface area contributed by atoms with Gasteiger partial charge in [0.15, 0.2) is 6.79 Å². The van der Waals surface area contributed by atoms with E-state index < -0.39 is 0 Å². The summed E-state index contributed by atoms with van der Waals surface area (Å²) in [7, 11) is 0. The monoisotopic (exact) mass is 215 g/mol. The van der Waals surface area contributed by atoms with E-state index in [4.69, 9.17) is 26.8 Å². The van der Waals surface area contributed by atoms with E-state index >= 15 is 0 Å². The van der Waals surface area contributed by atoms with Gasteiger partial charge in [0.05, 0.1) is 0 Å². The van der Waals surface area contributed by atoms with Gasteiger partial charge in [-0.3, -0.25) is 0 Å². The zero-order chi connectivity index (χ0) is 10.4. The van der Waals surface area contributed by atoms with Crippen molar-refractivity contribution >= 4 is 11.6 Å². The normalized spacial score (nSPS) is 10.2. The number of nitrogens with two attached hydrogens (primary N) is 1. The van der Waals surface area contributed by atoms with Crippen molar-refractivity contribution in [2.24, 2.45) is 5.73 Å². The van der Waals surface area contributed by atoms with Crippen LogP contribution < -0.4 is 10.5 Å². The van der Waals surface area contributed by atoms with Crippen LogP contribution in [0.2, 0.25) is 5.02 Å². The average molecular weight is 216 g/mol. The topological polar surface area (TPSA) is 44.5 Å². The second-order valence-corrected chi connectivity index (χ2v) is 3.08. The highest BCUT2D eigenvalue weighted by Crippen LogP contribution is 2.25. The molecule has 4 heteroatoms. The van der Waals surface area contributed by atoms with Crippen molar-refractivity contribution in [1.82, 2.24) is 0 Å². The minimum Gasteiger partial charge on any atom is -0.467 e. The molecule has 14 heavy (non-hydrogen) atoms. The van der Waals surface area contributed by atoms with Gasteiger partial charge in [0.25, 0.3) is 0 Å². The lowest BCUT2D eigenvalue weighted by Crippen LogP contribution is -2.06. The Hall–Kier alpha value is -0.770. The van der Waals surface area contributed by atoms with Crippen LogP contribution in [0.1, 0.15) is 12.5 Å². The predicted octanol–water partition coefficient (Wildman–Crippen LogP) is 2.17. The van der Waals surface area contributed by atoms with Gasteiger partial charge in [0.1, 0.15) is 5.75 Å². The third kappa shape index (κ3) is 2.87. The van der Waals surface area contributed by atoms with Gasteiger partial charge in [-0.15, -0.1) is 0 Å². The van der Waals surface area contributed by atoms with E-state index in [2.05, 4.69) is 0 Å². The summed E-state index contributed by atoms with van der Waals surface area (Å²) in [6.45, 7) is 3.12. The molecule has 0 bridgehead atoms. The Kier molecular flexibility index (Phi) is 4.73. The highest BCUT2D eigenvalue weighted by Gasteiger charge is 2.05. The first kappa shape index (κ1) is 11.3. The number of halogens is 1. The van der Waals surface area contributed by atoms with Crippen molar-refractivity contribution in [3.05, 3.63) is 28.8 Å². The van der Waals surface area contributed by atoms with E-state index in [-0.39, 0.29) is 6.79 Å². The average Bonchev–Trinajstić information content (AvgIpc) is 2.18. The zero-order valence-corrected chi connectivity index (χ0v) is 8.88. The molecule has 1 aromatic carbocycles. The van der Waals surface area contributed by atoms with Gasteiger partial charge >= 0.3 is 0 Å². The van der Waals surface area contributed by atoms with Crippen LogP contribution in [-0.4, -0.2) is 13.4 Å². The molecule has 1 rings (SSSR count). The quantitative estimate of drug-likeness (QED) is 0.605. The Balaban J connectivity index is 2.70. The molecule has 0 fully saturated rings. The molecule has 0 aliphatic carbocycles. The van der Waals surface area contributed by atoms with Gasteiger partial charge < -0.3 is 15.2 Å². The first-order valence-corrected chi connectivity index (χ1v) is 4.85. The van der Waals surface area contributed by atoms with Crippen LogP contribution in [0.25, 0.3) is 0 Å². The molecule has 0 saturated carbocycles. The van der Waals surface area contributed by atoms with Gasteiger partial charge in [-0.25, -0.2) is 0 Å². The number of hydrogen-bond donors (Lipinski definition) is 1.